The molecule has 0 bridgehead atoms. The average Bonchev–Trinajstić information content (AvgIpc) is 2.56. The number of allylic oxidation sites excluding steroid dienone is 5. The second-order valence-electron chi connectivity index (χ2n) is 8.50. The number of hydrogen-bond donors (Lipinski definition) is 0. The van der Waals surface area contributed by atoms with Gasteiger partial charge in [0.05, 0.1) is 0 Å². The predicted octanol–water partition coefficient (Wildman–Crippen LogP) is 8.01. The number of benzene rings is 1. The molecule has 1 rings (SSSR count). The van der Waals surface area contributed by atoms with Gasteiger partial charge in [0.1, 0.15) is 0 Å². The maximum absolute atomic E-state index is 4.02. The van der Waals surface area contributed by atoms with Crippen LogP contribution in [0, 0.1) is 11.3 Å². The SMILES string of the molecule is C=C/C(=C\C=C(/C)c1cccc(CC(C)(C)C)c1)CC(CC)CCC. The van der Waals surface area contributed by atoms with Gasteiger partial charge in [-0.1, -0.05) is 103 Å². The second kappa shape index (κ2) is 10.4. The van der Waals surface area contributed by atoms with Crippen molar-refractivity contribution in [3.05, 3.63) is 65.8 Å². The molecule has 1 aromatic rings. The number of rotatable bonds is 9. The molecule has 0 heterocycles. The topological polar surface area (TPSA) is 0 Å². The molecule has 25 heavy (non-hydrogen) atoms. The van der Waals surface area contributed by atoms with E-state index in [0.29, 0.717) is 5.41 Å². The van der Waals surface area contributed by atoms with Gasteiger partial charge >= 0.3 is 0 Å². The molecule has 0 saturated carbocycles. The smallest absolute Gasteiger partial charge is 0.0225 e. The fourth-order valence-electron chi connectivity index (χ4n) is 3.28. The molecule has 0 saturated heterocycles. The van der Waals surface area contributed by atoms with E-state index in [1.165, 1.54) is 41.5 Å². The first-order valence-electron chi connectivity index (χ1n) is 9.88. The Bertz CT molecular complexity index is 593. The van der Waals surface area contributed by atoms with Crippen molar-refractivity contribution in [2.45, 2.75) is 73.6 Å². The van der Waals surface area contributed by atoms with Crippen molar-refractivity contribution in [1.82, 2.24) is 0 Å². The minimum atomic E-state index is 0.320. The van der Waals surface area contributed by atoms with Crippen molar-refractivity contribution in [1.29, 1.82) is 0 Å². The fraction of sp³-hybridized carbons (Fsp3) is 0.520. The lowest BCUT2D eigenvalue weighted by Gasteiger charge is -2.18. The molecule has 0 heteroatoms. The van der Waals surface area contributed by atoms with Crippen molar-refractivity contribution in [3.63, 3.8) is 0 Å². The Balaban J connectivity index is 2.91. The Morgan fingerprint density at radius 2 is 1.88 bits per heavy atom. The molecular formula is C25H38. The quantitative estimate of drug-likeness (QED) is 0.400. The van der Waals surface area contributed by atoms with Crippen LogP contribution in [0.4, 0.5) is 0 Å². The largest absolute Gasteiger partial charge is 0.0988 e. The molecule has 138 valence electrons. The first-order valence-corrected chi connectivity index (χ1v) is 9.88. The number of hydrogen-bond acceptors (Lipinski definition) is 0. The summed E-state index contributed by atoms with van der Waals surface area (Å²) in [5.74, 6) is 0.776. The van der Waals surface area contributed by atoms with Gasteiger partial charge in [-0.25, -0.2) is 0 Å². The van der Waals surface area contributed by atoms with Crippen LogP contribution < -0.4 is 0 Å². The zero-order valence-corrected chi connectivity index (χ0v) is 17.4. The Hall–Kier alpha value is -1.56. The summed E-state index contributed by atoms with van der Waals surface area (Å²) in [5, 5.41) is 0. The van der Waals surface area contributed by atoms with Crippen LogP contribution in [0.1, 0.15) is 78.4 Å². The second-order valence-corrected chi connectivity index (χ2v) is 8.50. The predicted molar refractivity (Wildman–Crippen MR) is 115 cm³/mol. The Morgan fingerprint density at radius 1 is 1.16 bits per heavy atom. The third-order valence-electron chi connectivity index (χ3n) is 4.73. The van der Waals surface area contributed by atoms with Gasteiger partial charge in [0.2, 0.25) is 0 Å². The fourth-order valence-corrected chi connectivity index (χ4v) is 3.28. The highest BCUT2D eigenvalue weighted by molar-refractivity contribution is 5.66. The molecule has 0 fully saturated rings. The molecule has 0 aromatic heterocycles. The highest BCUT2D eigenvalue weighted by Gasteiger charge is 2.11. The van der Waals surface area contributed by atoms with Crippen molar-refractivity contribution in [3.8, 4) is 0 Å². The summed E-state index contributed by atoms with van der Waals surface area (Å²) in [4.78, 5) is 0. The molecule has 0 aliphatic carbocycles. The summed E-state index contributed by atoms with van der Waals surface area (Å²) in [6, 6.07) is 8.97. The van der Waals surface area contributed by atoms with Gasteiger partial charge in [-0.05, 0) is 53.4 Å². The molecule has 1 unspecified atom stereocenters. The lowest BCUT2D eigenvalue weighted by atomic mass is 9.87. The molecule has 0 amide bonds. The first kappa shape index (κ1) is 21.5. The molecule has 0 aliphatic rings. The van der Waals surface area contributed by atoms with Gasteiger partial charge in [0, 0.05) is 0 Å². The van der Waals surface area contributed by atoms with E-state index in [9.17, 15) is 0 Å². The molecule has 0 radical (unpaired) electrons. The van der Waals surface area contributed by atoms with Crippen LogP contribution in [0.3, 0.4) is 0 Å². The molecule has 1 aromatic carbocycles. The summed E-state index contributed by atoms with van der Waals surface area (Å²) >= 11 is 0. The van der Waals surface area contributed by atoms with Crippen LogP contribution in [0.25, 0.3) is 5.57 Å². The summed E-state index contributed by atoms with van der Waals surface area (Å²) in [5.41, 5.74) is 5.73. The average molecular weight is 339 g/mol. The third-order valence-corrected chi connectivity index (χ3v) is 4.73. The van der Waals surface area contributed by atoms with Crippen LogP contribution in [-0.2, 0) is 6.42 Å². The van der Waals surface area contributed by atoms with Gasteiger partial charge in [-0.15, -0.1) is 0 Å². The lowest BCUT2D eigenvalue weighted by molar-refractivity contribution is 0.411. The van der Waals surface area contributed by atoms with E-state index in [2.05, 4.69) is 84.5 Å². The summed E-state index contributed by atoms with van der Waals surface area (Å²) in [6.07, 6.45) is 12.6. The zero-order chi connectivity index (χ0) is 18.9. The standard InChI is InChI=1S/C25H38/c1-8-12-21(9-2)17-22(10-3)16-15-20(4)24-14-11-13-23(18-24)19-25(5,6)7/h10-11,13-16,18,21H,3,8-9,12,17,19H2,1-2,4-7H3/b20-15+,22-16+. The Labute approximate surface area is 156 Å². The minimum absolute atomic E-state index is 0.320. The van der Waals surface area contributed by atoms with Crippen LogP contribution in [-0.4, -0.2) is 0 Å². The maximum Gasteiger partial charge on any atom is -0.0225 e. The van der Waals surface area contributed by atoms with Crippen molar-refractivity contribution in [2.75, 3.05) is 0 Å². The van der Waals surface area contributed by atoms with Gasteiger partial charge in [-0.3, -0.25) is 0 Å². The molecule has 1 atom stereocenters. The van der Waals surface area contributed by atoms with Gasteiger partial charge in [0.25, 0.3) is 0 Å². The van der Waals surface area contributed by atoms with Gasteiger partial charge in [0.15, 0.2) is 0 Å². The molecule has 0 N–H and O–H groups in total. The van der Waals surface area contributed by atoms with Gasteiger partial charge in [-0.2, -0.15) is 0 Å². The Morgan fingerprint density at radius 3 is 2.44 bits per heavy atom. The van der Waals surface area contributed by atoms with E-state index in [0.717, 1.165) is 18.8 Å². The highest BCUT2D eigenvalue weighted by Crippen LogP contribution is 2.24. The van der Waals surface area contributed by atoms with E-state index in [1.807, 2.05) is 6.08 Å². The molecular weight excluding hydrogens is 300 g/mol. The molecule has 0 nitrogen and oxygen atoms in total. The van der Waals surface area contributed by atoms with E-state index >= 15 is 0 Å². The van der Waals surface area contributed by atoms with Gasteiger partial charge < -0.3 is 0 Å². The van der Waals surface area contributed by atoms with Crippen LogP contribution in [0.2, 0.25) is 0 Å². The van der Waals surface area contributed by atoms with Crippen LogP contribution >= 0.6 is 0 Å². The first-order chi connectivity index (χ1) is 11.8. The van der Waals surface area contributed by atoms with E-state index < -0.39 is 0 Å². The highest BCUT2D eigenvalue weighted by atomic mass is 14.2. The zero-order valence-electron chi connectivity index (χ0n) is 17.4. The maximum atomic E-state index is 4.02. The summed E-state index contributed by atoms with van der Waals surface area (Å²) < 4.78 is 0. The van der Waals surface area contributed by atoms with Crippen molar-refractivity contribution < 1.29 is 0 Å². The lowest BCUT2D eigenvalue weighted by Crippen LogP contribution is -2.09. The van der Waals surface area contributed by atoms with E-state index in [4.69, 9.17) is 0 Å². The molecule has 0 spiro atoms. The van der Waals surface area contributed by atoms with Crippen LogP contribution in [0.15, 0.2) is 54.6 Å². The van der Waals surface area contributed by atoms with E-state index in [-0.39, 0.29) is 0 Å². The summed E-state index contributed by atoms with van der Waals surface area (Å²) in [6.45, 7) is 17.7. The van der Waals surface area contributed by atoms with Crippen LogP contribution in [0.5, 0.6) is 0 Å². The van der Waals surface area contributed by atoms with Crippen molar-refractivity contribution >= 4 is 5.57 Å². The third kappa shape index (κ3) is 8.38. The summed E-state index contributed by atoms with van der Waals surface area (Å²) in [7, 11) is 0. The van der Waals surface area contributed by atoms with Crippen molar-refractivity contribution in [2.24, 2.45) is 11.3 Å². The molecule has 0 aliphatic heterocycles. The van der Waals surface area contributed by atoms with E-state index in [1.54, 1.807) is 0 Å². The monoisotopic (exact) mass is 338 g/mol. The minimum Gasteiger partial charge on any atom is -0.0988 e. The Kier molecular flexibility index (Phi) is 8.97. The normalized spacial score (nSPS) is 14.5.